The summed E-state index contributed by atoms with van der Waals surface area (Å²) in [5, 5.41) is 2.65. The lowest BCUT2D eigenvalue weighted by molar-refractivity contribution is -0.137. The molecule has 2 aromatic carbocycles. The minimum Gasteiger partial charge on any atom is -0.378 e. The van der Waals surface area contributed by atoms with Crippen molar-refractivity contribution in [1.29, 1.82) is 0 Å². The first-order valence-corrected chi connectivity index (χ1v) is 7.49. The molecule has 2 aromatic rings. The summed E-state index contributed by atoms with van der Waals surface area (Å²) in [4.78, 5) is 14.0. The predicted octanol–water partition coefficient (Wildman–Crippen LogP) is 3.74. The first kappa shape index (κ1) is 17.8. The van der Waals surface area contributed by atoms with Gasteiger partial charge in [-0.05, 0) is 42.3 Å². The first-order valence-electron chi connectivity index (χ1n) is 7.49. The van der Waals surface area contributed by atoms with E-state index in [2.05, 4.69) is 5.32 Å². The van der Waals surface area contributed by atoms with Crippen LogP contribution >= 0.6 is 0 Å². The molecule has 0 saturated carbocycles. The van der Waals surface area contributed by atoms with Crippen LogP contribution in [0.4, 0.5) is 18.9 Å². The van der Waals surface area contributed by atoms with Crippen molar-refractivity contribution < 1.29 is 18.0 Å². The van der Waals surface area contributed by atoms with E-state index >= 15 is 0 Å². The Bertz CT molecular complexity index is 694. The molecule has 0 spiro atoms. The number of nitrogens with zero attached hydrogens (tertiary/aromatic N) is 1. The van der Waals surface area contributed by atoms with E-state index in [1.807, 2.05) is 43.3 Å². The molecule has 24 heavy (non-hydrogen) atoms. The largest absolute Gasteiger partial charge is 0.416 e. The lowest BCUT2D eigenvalue weighted by Gasteiger charge is -2.13. The third-order valence-corrected chi connectivity index (χ3v) is 3.60. The Hall–Kier alpha value is -2.50. The molecule has 1 N–H and O–H groups in total. The van der Waals surface area contributed by atoms with Crippen LogP contribution in [0, 0.1) is 0 Å². The van der Waals surface area contributed by atoms with E-state index in [4.69, 9.17) is 0 Å². The number of nitrogens with one attached hydrogen (secondary N) is 1. The van der Waals surface area contributed by atoms with Crippen molar-refractivity contribution in [3.05, 3.63) is 65.2 Å². The molecule has 0 aliphatic carbocycles. The van der Waals surface area contributed by atoms with Gasteiger partial charge in [-0.25, -0.2) is 0 Å². The molecular formula is C18H19F3N2O. The fourth-order valence-corrected chi connectivity index (χ4v) is 2.22. The van der Waals surface area contributed by atoms with Gasteiger partial charge < -0.3 is 10.2 Å². The SMILES string of the molecule is CN(C)c1ccc(CCNC(=O)c2cccc(C(F)(F)F)c2)cc1. The van der Waals surface area contributed by atoms with Gasteiger partial charge >= 0.3 is 6.18 Å². The lowest BCUT2D eigenvalue weighted by Crippen LogP contribution is -2.26. The molecule has 0 bridgehead atoms. The number of hydrogen-bond donors (Lipinski definition) is 1. The van der Waals surface area contributed by atoms with Crippen molar-refractivity contribution in [3.63, 3.8) is 0 Å². The van der Waals surface area contributed by atoms with Crippen molar-refractivity contribution in [2.45, 2.75) is 12.6 Å². The fourth-order valence-electron chi connectivity index (χ4n) is 2.22. The molecule has 0 heterocycles. The Balaban J connectivity index is 1.91. The molecule has 0 saturated heterocycles. The van der Waals surface area contributed by atoms with E-state index in [1.165, 1.54) is 12.1 Å². The number of benzene rings is 2. The van der Waals surface area contributed by atoms with Gasteiger partial charge in [0.15, 0.2) is 0 Å². The van der Waals surface area contributed by atoms with Crippen LogP contribution < -0.4 is 10.2 Å². The minimum absolute atomic E-state index is 0.00720. The van der Waals surface area contributed by atoms with Crippen LogP contribution in [-0.4, -0.2) is 26.5 Å². The molecule has 2 rings (SSSR count). The highest BCUT2D eigenvalue weighted by Gasteiger charge is 2.30. The summed E-state index contributed by atoms with van der Waals surface area (Å²) >= 11 is 0. The molecule has 6 heteroatoms. The van der Waals surface area contributed by atoms with Crippen LogP contribution in [0.5, 0.6) is 0 Å². The average molecular weight is 336 g/mol. The third kappa shape index (κ3) is 4.75. The maximum atomic E-state index is 12.7. The quantitative estimate of drug-likeness (QED) is 0.902. The number of rotatable bonds is 5. The third-order valence-electron chi connectivity index (χ3n) is 3.60. The summed E-state index contributed by atoms with van der Waals surface area (Å²) in [6.45, 7) is 0.358. The number of alkyl halides is 3. The summed E-state index contributed by atoms with van der Waals surface area (Å²) in [6, 6.07) is 12.3. The molecular weight excluding hydrogens is 317 g/mol. The Morgan fingerprint density at radius 3 is 2.33 bits per heavy atom. The van der Waals surface area contributed by atoms with Gasteiger partial charge in [-0.2, -0.15) is 13.2 Å². The first-order chi connectivity index (χ1) is 11.3. The zero-order valence-electron chi connectivity index (χ0n) is 13.5. The topological polar surface area (TPSA) is 32.3 Å². The zero-order chi connectivity index (χ0) is 17.7. The number of anilines is 1. The van der Waals surface area contributed by atoms with Crippen molar-refractivity contribution in [2.75, 3.05) is 25.5 Å². The molecule has 0 fully saturated rings. The van der Waals surface area contributed by atoms with E-state index < -0.39 is 17.6 Å². The highest BCUT2D eigenvalue weighted by molar-refractivity contribution is 5.94. The van der Waals surface area contributed by atoms with E-state index in [0.29, 0.717) is 13.0 Å². The van der Waals surface area contributed by atoms with E-state index in [0.717, 1.165) is 23.4 Å². The normalized spacial score (nSPS) is 11.2. The Kier molecular flexibility index (Phi) is 5.49. The summed E-state index contributed by atoms with van der Waals surface area (Å²) < 4.78 is 38.0. The van der Waals surface area contributed by atoms with Crippen LogP contribution in [0.25, 0.3) is 0 Å². The number of carbonyl (C=O) groups is 1. The van der Waals surface area contributed by atoms with Gasteiger partial charge in [-0.15, -0.1) is 0 Å². The van der Waals surface area contributed by atoms with Crippen LogP contribution in [0.1, 0.15) is 21.5 Å². The fraction of sp³-hybridized carbons (Fsp3) is 0.278. The number of halogens is 3. The number of amides is 1. The molecule has 3 nitrogen and oxygen atoms in total. The monoisotopic (exact) mass is 336 g/mol. The van der Waals surface area contributed by atoms with Crippen LogP contribution in [0.3, 0.4) is 0 Å². The molecule has 1 amide bonds. The maximum Gasteiger partial charge on any atom is 0.416 e. The van der Waals surface area contributed by atoms with Crippen molar-refractivity contribution in [2.24, 2.45) is 0 Å². The Morgan fingerprint density at radius 1 is 1.08 bits per heavy atom. The summed E-state index contributed by atoms with van der Waals surface area (Å²) in [5.74, 6) is -0.508. The summed E-state index contributed by atoms with van der Waals surface area (Å²) in [5.41, 5.74) is 1.30. The van der Waals surface area contributed by atoms with Crippen LogP contribution in [-0.2, 0) is 12.6 Å². The van der Waals surface area contributed by atoms with Gasteiger partial charge in [0.25, 0.3) is 5.91 Å². The van der Waals surface area contributed by atoms with Gasteiger partial charge in [-0.3, -0.25) is 4.79 Å². The van der Waals surface area contributed by atoms with Gasteiger partial charge in [0, 0.05) is 31.9 Å². The second-order valence-electron chi connectivity index (χ2n) is 5.65. The Labute approximate surface area is 139 Å². The second kappa shape index (κ2) is 7.38. The van der Waals surface area contributed by atoms with E-state index in [-0.39, 0.29) is 5.56 Å². The molecule has 0 atom stereocenters. The highest BCUT2D eigenvalue weighted by atomic mass is 19.4. The lowest BCUT2D eigenvalue weighted by atomic mass is 10.1. The van der Waals surface area contributed by atoms with E-state index in [9.17, 15) is 18.0 Å². The average Bonchev–Trinajstić information content (AvgIpc) is 2.54. The van der Waals surface area contributed by atoms with Crippen LogP contribution in [0.15, 0.2) is 48.5 Å². The number of hydrogen-bond acceptors (Lipinski definition) is 2. The Morgan fingerprint density at radius 2 is 1.75 bits per heavy atom. The molecule has 0 aliphatic rings. The standard InChI is InChI=1S/C18H19F3N2O/c1-23(2)16-8-6-13(7-9-16)10-11-22-17(24)14-4-3-5-15(12-14)18(19,20)21/h3-9,12H,10-11H2,1-2H3,(H,22,24). The molecule has 0 unspecified atom stereocenters. The molecule has 0 aliphatic heterocycles. The summed E-state index contributed by atoms with van der Waals surface area (Å²) in [7, 11) is 3.90. The maximum absolute atomic E-state index is 12.7. The number of carbonyl (C=O) groups excluding carboxylic acids is 1. The zero-order valence-corrected chi connectivity index (χ0v) is 13.5. The smallest absolute Gasteiger partial charge is 0.378 e. The van der Waals surface area contributed by atoms with Crippen LogP contribution in [0.2, 0.25) is 0 Å². The predicted molar refractivity (Wildman–Crippen MR) is 88.3 cm³/mol. The van der Waals surface area contributed by atoms with E-state index in [1.54, 1.807) is 0 Å². The van der Waals surface area contributed by atoms with Crippen molar-refractivity contribution >= 4 is 11.6 Å². The molecule has 128 valence electrons. The molecule has 0 aromatic heterocycles. The minimum atomic E-state index is -4.45. The second-order valence-corrected chi connectivity index (χ2v) is 5.65. The van der Waals surface area contributed by atoms with Crippen molar-refractivity contribution in [3.8, 4) is 0 Å². The van der Waals surface area contributed by atoms with Gasteiger partial charge in [0.1, 0.15) is 0 Å². The van der Waals surface area contributed by atoms with Gasteiger partial charge in [0.2, 0.25) is 0 Å². The van der Waals surface area contributed by atoms with Gasteiger partial charge in [-0.1, -0.05) is 18.2 Å². The summed E-state index contributed by atoms with van der Waals surface area (Å²) in [6.07, 6.45) is -3.84. The van der Waals surface area contributed by atoms with Crippen molar-refractivity contribution in [1.82, 2.24) is 5.32 Å². The van der Waals surface area contributed by atoms with Gasteiger partial charge in [0.05, 0.1) is 5.56 Å². The molecule has 0 radical (unpaired) electrons. The highest BCUT2D eigenvalue weighted by Crippen LogP contribution is 2.29.